The van der Waals surface area contributed by atoms with Gasteiger partial charge in [-0.1, -0.05) is 140 Å². The minimum Gasteiger partial charge on any atom is -0.457 e. The van der Waals surface area contributed by atoms with Crippen molar-refractivity contribution in [2.24, 2.45) is 0 Å². The molecule has 0 bridgehead atoms. The van der Waals surface area contributed by atoms with E-state index < -0.39 is 5.41 Å². The van der Waals surface area contributed by atoms with E-state index in [-0.39, 0.29) is 0 Å². The van der Waals surface area contributed by atoms with E-state index in [2.05, 4.69) is 89.8 Å². The molecule has 7 aromatic carbocycles. The van der Waals surface area contributed by atoms with E-state index in [4.69, 9.17) is 26.3 Å². The molecule has 0 saturated heterocycles. The Kier molecular flexibility index (Phi) is 6.70. The second-order valence-corrected chi connectivity index (χ2v) is 13.1. The lowest BCUT2D eigenvalue weighted by molar-refractivity contribution is 0.436. The average molecular weight is 665 g/mol. The van der Waals surface area contributed by atoms with Crippen LogP contribution >= 0.6 is 0 Å². The second kappa shape index (κ2) is 11.7. The molecule has 52 heavy (non-hydrogen) atoms. The molecule has 0 amide bonds. The van der Waals surface area contributed by atoms with Crippen LogP contribution in [-0.4, -0.2) is 15.0 Å². The molecule has 1 aliphatic heterocycles. The zero-order valence-corrected chi connectivity index (χ0v) is 27.9. The summed E-state index contributed by atoms with van der Waals surface area (Å²) in [5.41, 5.74) is 11.6. The summed E-state index contributed by atoms with van der Waals surface area (Å²) in [6.45, 7) is 7.50. The van der Waals surface area contributed by atoms with Crippen molar-refractivity contribution in [1.82, 2.24) is 15.0 Å². The highest BCUT2D eigenvalue weighted by atomic mass is 16.5. The highest BCUT2D eigenvalue weighted by Gasteiger charge is 2.51. The predicted octanol–water partition coefficient (Wildman–Crippen LogP) is 11.6. The largest absolute Gasteiger partial charge is 0.457 e. The Morgan fingerprint density at radius 1 is 0.404 bits per heavy atom. The van der Waals surface area contributed by atoms with E-state index in [9.17, 15) is 0 Å². The predicted molar refractivity (Wildman–Crippen MR) is 205 cm³/mol. The molecule has 0 saturated carbocycles. The van der Waals surface area contributed by atoms with Gasteiger partial charge in [0.2, 0.25) is 0 Å². The van der Waals surface area contributed by atoms with Gasteiger partial charge in [-0.15, -0.1) is 0 Å². The van der Waals surface area contributed by atoms with Gasteiger partial charge >= 0.3 is 0 Å². The number of hydrogen-bond acceptors (Lipinski definition) is 4. The van der Waals surface area contributed by atoms with Gasteiger partial charge in [0, 0.05) is 27.8 Å². The monoisotopic (exact) mass is 664 g/mol. The Morgan fingerprint density at radius 2 is 0.923 bits per heavy atom. The van der Waals surface area contributed by atoms with Crippen LogP contribution in [0.3, 0.4) is 0 Å². The van der Waals surface area contributed by atoms with E-state index in [0.717, 1.165) is 50.4 Å². The summed E-state index contributed by atoms with van der Waals surface area (Å²) in [4.78, 5) is 18.9. The third-order valence-electron chi connectivity index (χ3n) is 10.2. The Balaban J connectivity index is 1.20. The van der Waals surface area contributed by atoms with E-state index in [1.54, 1.807) is 0 Å². The lowest BCUT2D eigenvalue weighted by Gasteiger charge is -2.39. The Bertz CT molecular complexity index is 2700. The van der Waals surface area contributed by atoms with Gasteiger partial charge in [0.1, 0.15) is 11.5 Å². The second-order valence-electron chi connectivity index (χ2n) is 13.1. The minimum absolute atomic E-state index is 0.576. The third kappa shape index (κ3) is 4.52. The number of hydrogen-bond donors (Lipinski definition) is 0. The molecular formula is C47H28N4O. The van der Waals surface area contributed by atoms with Gasteiger partial charge in [0.25, 0.3) is 0 Å². The van der Waals surface area contributed by atoms with E-state index >= 15 is 0 Å². The first-order valence-electron chi connectivity index (χ1n) is 17.2. The van der Waals surface area contributed by atoms with Gasteiger partial charge in [-0.25, -0.2) is 19.8 Å². The highest BCUT2D eigenvalue weighted by molar-refractivity contribution is 5.90. The van der Waals surface area contributed by atoms with Crippen LogP contribution in [0.2, 0.25) is 0 Å². The number of rotatable bonds is 4. The maximum absolute atomic E-state index is 7.50. The van der Waals surface area contributed by atoms with E-state index in [1.165, 1.54) is 22.3 Å². The lowest BCUT2D eigenvalue weighted by Crippen LogP contribution is -2.32. The van der Waals surface area contributed by atoms with E-state index in [1.807, 2.05) is 84.9 Å². The molecule has 0 unspecified atom stereocenters. The summed E-state index contributed by atoms with van der Waals surface area (Å²) in [5.74, 6) is 3.47. The van der Waals surface area contributed by atoms with Crippen LogP contribution in [0.4, 0.5) is 5.69 Å². The van der Waals surface area contributed by atoms with Crippen LogP contribution < -0.4 is 4.74 Å². The molecule has 2 aliphatic rings. The molecule has 10 rings (SSSR count). The first kappa shape index (κ1) is 29.7. The molecule has 0 radical (unpaired) electrons. The van der Waals surface area contributed by atoms with E-state index in [0.29, 0.717) is 23.2 Å². The molecule has 1 aliphatic carbocycles. The fourth-order valence-corrected chi connectivity index (χ4v) is 7.94. The van der Waals surface area contributed by atoms with Crippen LogP contribution in [0.5, 0.6) is 11.5 Å². The van der Waals surface area contributed by atoms with Crippen molar-refractivity contribution in [3.05, 3.63) is 204 Å². The zero-order chi connectivity index (χ0) is 34.6. The lowest BCUT2D eigenvalue weighted by atomic mass is 9.66. The first-order chi connectivity index (χ1) is 25.7. The fraction of sp³-hybridized carbons (Fsp3) is 0.0213. The van der Waals surface area contributed by atoms with Crippen molar-refractivity contribution < 1.29 is 4.74 Å². The summed E-state index contributed by atoms with van der Waals surface area (Å²) in [7, 11) is 0. The smallest absolute Gasteiger partial charge is 0.187 e. The number of benzene rings is 7. The summed E-state index contributed by atoms with van der Waals surface area (Å²) >= 11 is 0. The van der Waals surface area contributed by atoms with Gasteiger partial charge in [0.05, 0.1) is 12.0 Å². The first-order valence-corrected chi connectivity index (χ1v) is 17.2. The molecule has 0 fully saturated rings. The van der Waals surface area contributed by atoms with Crippen molar-refractivity contribution in [1.29, 1.82) is 0 Å². The van der Waals surface area contributed by atoms with Crippen LogP contribution in [0, 0.1) is 6.57 Å². The Labute approximate surface area is 301 Å². The van der Waals surface area contributed by atoms with Gasteiger partial charge in [0.15, 0.2) is 23.2 Å². The normalized spacial score (nSPS) is 12.9. The molecule has 5 nitrogen and oxygen atoms in total. The third-order valence-corrected chi connectivity index (χ3v) is 10.2. The van der Waals surface area contributed by atoms with Crippen molar-refractivity contribution in [2.45, 2.75) is 5.41 Å². The van der Waals surface area contributed by atoms with Crippen molar-refractivity contribution in [2.75, 3.05) is 0 Å². The van der Waals surface area contributed by atoms with Crippen LogP contribution in [0.15, 0.2) is 170 Å². The van der Waals surface area contributed by atoms with Gasteiger partial charge in [-0.2, -0.15) is 0 Å². The van der Waals surface area contributed by atoms with Crippen LogP contribution in [0.25, 0.3) is 61.3 Å². The number of nitrogens with zero attached hydrogens (tertiary/aromatic N) is 4. The Hall–Kier alpha value is -7.16. The maximum atomic E-state index is 7.50. The zero-order valence-electron chi connectivity index (χ0n) is 27.9. The summed E-state index contributed by atoms with van der Waals surface area (Å²) in [6, 6.07) is 58.0. The molecule has 0 N–H and O–H groups in total. The minimum atomic E-state index is -0.598. The molecule has 0 atom stereocenters. The standard InChI is InChI=1S/C47H28N4O/c1-48-35-18-12-16-32(28-35)31-15-11-17-33(27-31)45-49-44(30-13-3-2-4-14-30)50-46(51-45)34-25-26-37-36-19-5-6-20-38(36)47(41(37)29-34)39-21-7-9-23-42(39)52-43-24-10-8-22-40(43)47/h2-29H. The average Bonchev–Trinajstić information content (AvgIpc) is 3.51. The quantitative estimate of drug-likeness (QED) is 0.176. The Morgan fingerprint density at radius 3 is 1.63 bits per heavy atom. The van der Waals surface area contributed by atoms with Crippen LogP contribution in [0.1, 0.15) is 22.3 Å². The number of aromatic nitrogens is 3. The number of fused-ring (bicyclic) bond motifs is 9. The molecule has 2 heterocycles. The highest BCUT2D eigenvalue weighted by Crippen LogP contribution is 2.62. The number of para-hydroxylation sites is 2. The van der Waals surface area contributed by atoms with Crippen LogP contribution in [-0.2, 0) is 5.41 Å². The van der Waals surface area contributed by atoms with Gasteiger partial charge in [-0.05, 0) is 63.7 Å². The SMILES string of the molecule is [C-]#[N+]c1cccc(-c2cccc(-c3nc(-c4ccccc4)nc(-c4ccc5c(c4)C4(c6ccccc6Oc6ccccc64)c4ccccc4-5)n3)c2)c1. The van der Waals surface area contributed by atoms with Crippen molar-refractivity contribution in [3.63, 3.8) is 0 Å². The molecule has 1 aromatic heterocycles. The van der Waals surface area contributed by atoms with Crippen molar-refractivity contribution >= 4 is 5.69 Å². The fourth-order valence-electron chi connectivity index (χ4n) is 7.94. The molecule has 8 aromatic rings. The van der Waals surface area contributed by atoms with Gasteiger partial charge < -0.3 is 4.74 Å². The summed E-state index contributed by atoms with van der Waals surface area (Å²) in [6.07, 6.45) is 0. The molecule has 1 spiro atoms. The topological polar surface area (TPSA) is 52.3 Å². The molecule has 242 valence electrons. The molecular weight excluding hydrogens is 637 g/mol. The summed E-state index contributed by atoms with van der Waals surface area (Å²) < 4.78 is 6.55. The number of ether oxygens (including phenoxy) is 1. The van der Waals surface area contributed by atoms with Crippen molar-refractivity contribution in [3.8, 4) is 67.9 Å². The maximum Gasteiger partial charge on any atom is 0.187 e. The molecule has 5 heteroatoms. The van der Waals surface area contributed by atoms with Gasteiger partial charge in [-0.3, -0.25) is 0 Å². The summed E-state index contributed by atoms with van der Waals surface area (Å²) in [5, 5.41) is 0.